The molecule has 6 rings (SSSR count). The number of imidazole rings is 1. The molecular weight excluding hydrogens is 514 g/mol. The van der Waals surface area contributed by atoms with E-state index in [1.807, 2.05) is 13.8 Å². The Kier molecular flexibility index (Phi) is 5.00. The summed E-state index contributed by atoms with van der Waals surface area (Å²) >= 11 is 0. The third-order valence-corrected chi connectivity index (χ3v) is 8.12. The highest BCUT2D eigenvalue weighted by Crippen LogP contribution is 2.54. The highest BCUT2D eigenvalue weighted by atomic mass is 16.5. The third-order valence-electron chi connectivity index (χ3n) is 8.12. The Morgan fingerprint density at radius 1 is 1.25 bits per heavy atom. The molecule has 210 valence electrons. The van der Waals surface area contributed by atoms with Crippen LogP contribution in [-0.4, -0.2) is 54.0 Å². The number of fused-ring (bicyclic) bond motifs is 2. The monoisotopic (exact) mass is 551 g/mol. The van der Waals surface area contributed by atoms with Gasteiger partial charge < -0.3 is 21.1 Å². The van der Waals surface area contributed by atoms with E-state index in [0.717, 1.165) is 5.39 Å². The highest BCUT2D eigenvalue weighted by molar-refractivity contribution is 5.89. The second kappa shape index (κ2) is 9.35. The van der Waals surface area contributed by atoms with Crippen molar-refractivity contribution in [1.29, 1.82) is 0 Å². The van der Waals surface area contributed by atoms with Crippen LogP contribution >= 0.6 is 0 Å². The molecule has 2 aliphatic carbocycles. The molecule has 4 aromatic heterocycles. The summed E-state index contributed by atoms with van der Waals surface area (Å²) < 4.78 is 40.9. The van der Waals surface area contributed by atoms with Crippen LogP contribution in [0.1, 0.15) is 51.1 Å². The number of nitrogens with one attached hydrogen (secondary N) is 2. The Morgan fingerprint density at radius 2 is 2.08 bits per heavy atom. The number of nitrogens with two attached hydrogens (primary N) is 1. The molecule has 0 bridgehead atoms. The van der Waals surface area contributed by atoms with Gasteiger partial charge in [-0.2, -0.15) is 5.10 Å². The van der Waals surface area contributed by atoms with Crippen molar-refractivity contribution in [2.45, 2.75) is 57.1 Å². The van der Waals surface area contributed by atoms with Gasteiger partial charge in [-0.25, -0.2) is 24.2 Å². The number of alkyl carbamates (subject to hydrolysis) is 1. The molecule has 0 aromatic carbocycles. The highest BCUT2D eigenvalue weighted by Gasteiger charge is 2.63. The SMILES string of the molecule is [2H]C([2H])([2H])n1c(=O)n([C@@H]2CC[C@@]([2H])(NC(=O)OC)C2)c2cc(Nc3ccc4cnn([C@@]5(C(N)=O)C[C@@H]5C(C)C)c4n3)ncc21. The van der Waals surface area contributed by atoms with E-state index < -0.39 is 42.3 Å². The second-order valence-corrected chi connectivity index (χ2v) is 10.8. The first-order valence-electron chi connectivity index (χ1n) is 15.1. The van der Waals surface area contributed by atoms with Crippen molar-refractivity contribution in [2.75, 3.05) is 12.4 Å². The van der Waals surface area contributed by atoms with Gasteiger partial charge in [-0.3, -0.25) is 13.9 Å². The molecule has 0 aliphatic heterocycles. The van der Waals surface area contributed by atoms with Crippen LogP contribution in [0.3, 0.4) is 0 Å². The summed E-state index contributed by atoms with van der Waals surface area (Å²) in [5, 5.41) is 10.8. The fourth-order valence-electron chi connectivity index (χ4n) is 5.99. The first-order valence-corrected chi connectivity index (χ1v) is 13.1. The number of pyridine rings is 2. The van der Waals surface area contributed by atoms with Gasteiger partial charge in [-0.15, -0.1) is 0 Å². The molecule has 40 heavy (non-hydrogen) atoms. The first-order chi connectivity index (χ1) is 20.7. The summed E-state index contributed by atoms with van der Waals surface area (Å²) in [4.78, 5) is 47.0. The molecule has 2 aliphatic rings. The van der Waals surface area contributed by atoms with E-state index in [9.17, 15) is 14.4 Å². The molecule has 13 heteroatoms. The number of amides is 2. The molecule has 0 spiro atoms. The number of ether oxygens (including phenoxy) is 1. The Labute approximate surface area is 235 Å². The van der Waals surface area contributed by atoms with Gasteiger partial charge in [-0.1, -0.05) is 13.8 Å². The quantitative estimate of drug-likeness (QED) is 0.315. The predicted molar refractivity (Wildman–Crippen MR) is 148 cm³/mol. The van der Waals surface area contributed by atoms with Gasteiger partial charge in [0.25, 0.3) is 0 Å². The van der Waals surface area contributed by atoms with E-state index in [2.05, 4.69) is 25.5 Å². The number of carbonyl (C=O) groups excluding carboxylic acids is 2. The van der Waals surface area contributed by atoms with Crippen molar-refractivity contribution in [3.05, 3.63) is 41.1 Å². The minimum absolute atomic E-state index is 0.0328. The number of rotatable bonds is 7. The van der Waals surface area contributed by atoms with Crippen LogP contribution in [0.5, 0.6) is 0 Å². The number of nitrogens with zero attached hydrogens (tertiary/aromatic N) is 6. The van der Waals surface area contributed by atoms with Crippen LogP contribution in [0, 0.1) is 11.8 Å². The number of primary amides is 1. The normalized spacial score (nSPS) is 27.7. The Morgan fingerprint density at radius 3 is 2.77 bits per heavy atom. The molecule has 2 saturated carbocycles. The van der Waals surface area contributed by atoms with Crippen LogP contribution in [0.2, 0.25) is 0 Å². The smallest absolute Gasteiger partial charge is 0.407 e. The first kappa shape index (κ1) is 21.4. The summed E-state index contributed by atoms with van der Waals surface area (Å²) in [5.74, 6) is 0.451. The molecule has 4 aromatic rings. The van der Waals surface area contributed by atoms with Crippen LogP contribution < -0.4 is 22.1 Å². The minimum atomic E-state index is -2.78. The zero-order chi connectivity index (χ0) is 31.8. The lowest BCUT2D eigenvalue weighted by Crippen LogP contribution is -2.37. The molecule has 4 heterocycles. The van der Waals surface area contributed by atoms with Crippen LogP contribution in [0.4, 0.5) is 16.4 Å². The molecule has 0 unspecified atom stereocenters. The van der Waals surface area contributed by atoms with Crippen molar-refractivity contribution in [3.63, 3.8) is 0 Å². The van der Waals surface area contributed by atoms with Gasteiger partial charge in [0.15, 0.2) is 5.65 Å². The zero-order valence-electron chi connectivity index (χ0n) is 26.3. The van der Waals surface area contributed by atoms with E-state index >= 15 is 0 Å². The van der Waals surface area contributed by atoms with Crippen molar-refractivity contribution in [1.82, 2.24) is 34.2 Å². The Balaban J connectivity index is 1.38. The molecule has 4 N–H and O–H groups in total. The standard InChI is InChI=1S/C27H33N9O4/c1-14(2)18-11-27(18,24(28)37)36-23-15(12-30-36)5-8-21(33-23)32-22-10-19-20(13-29-22)34(3)26(39)35(19)17-7-6-16(9-17)31-25(38)40-4/h5,8,10,12-14,16-18H,6-7,9,11H2,1-4H3,(H2,28,37)(H,31,38)(H,29,32,33)/t16-,17-,18-,27+/m1/s1/i3D3,16D. The average molecular weight is 552 g/mol. The van der Waals surface area contributed by atoms with Gasteiger partial charge >= 0.3 is 11.8 Å². The van der Waals surface area contributed by atoms with E-state index in [-0.39, 0.29) is 36.0 Å². The van der Waals surface area contributed by atoms with Crippen molar-refractivity contribution < 1.29 is 19.8 Å². The van der Waals surface area contributed by atoms with Gasteiger partial charge in [-0.05, 0) is 49.7 Å². The van der Waals surface area contributed by atoms with Crippen LogP contribution in [0.15, 0.2) is 35.4 Å². The number of hydrogen-bond acceptors (Lipinski definition) is 8. The lowest BCUT2D eigenvalue weighted by Gasteiger charge is -2.17. The topological polar surface area (TPSA) is 164 Å². The van der Waals surface area contributed by atoms with E-state index in [1.165, 1.54) is 17.9 Å². The fraction of sp³-hybridized carbons (Fsp3) is 0.481. The molecule has 2 amide bonds. The van der Waals surface area contributed by atoms with Gasteiger partial charge in [0, 0.05) is 34.6 Å². The molecular formula is C27H33N9O4. The number of aromatic nitrogens is 6. The van der Waals surface area contributed by atoms with E-state index in [0.29, 0.717) is 34.4 Å². The maximum absolute atomic E-state index is 13.5. The maximum Gasteiger partial charge on any atom is 0.407 e. The van der Waals surface area contributed by atoms with Gasteiger partial charge in [0.1, 0.15) is 17.2 Å². The van der Waals surface area contributed by atoms with E-state index in [1.54, 1.807) is 29.1 Å². The molecule has 0 saturated heterocycles. The Hall–Kier alpha value is -4.42. The summed E-state index contributed by atoms with van der Waals surface area (Å²) in [6.07, 6.45) is 3.40. The molecule has 4 atom stereocenters. The summed E-state index contributed by atoms with van der Waals surface area (Å²) in [6, 6.07) is 3.12. The lowest BCUT2D eigenvalue weighted by molar-refractivity contribution is -0.123. The lowest BCUT2D eigenvalue weighted by atomic mass is 10.0. The molecule has 2 fully saturated rings. The number of aryl methyl sites for hydroxylation is 1. The maximum atomic E-state index is 13.5. The van der Waals surface area contributed by atoms with Crippen molar-refractivity contribution >= 4 is 45.7 Å². The van der Waals surface area contributed by atoms with Crippen LogP contribution in [-0.2, 0) is 22.0 Å². The van der Waals surface area contributed by atoms with Crippen molar-refractivity contribution in [2.24, 2.45) is 24.5 Å². The molecule has 13 nitrogen and oxygen atoms in total. The fourth-order valence-corrected chi connectivity index (χ4v) is 5.99. The van der Waals surface area contributed by atoms with Crippen LogP contribution in [0.25, 0.3) is 22.1 Å². The largest absolute Gasteiger partial charge is 0.453 e. The summed E-state index contributed by atoms with van der Waals surface area (Å²) in [7, 11) is 1.20. The summed E-state index contributed by atoms with van der Waals surface area (Å²) in [6.45, 7) is 1.29. The number of methoxy groups -OCH3 is 1. The van der Waals surface area contributed by atoms with Gasteiger partial charge in [0.2, 0.25) is 5.91 Å². The van der Waals surface area contributed by atoms with E-state index in [4.69, 9.17) is 16.2 Å². The van der Waals surface area contributed by atoms with Gasteiger partial charge in [0.05, 0.1) is 31.9 Å². The molecule has 0 radical (unpaired) electrons. The second-order valence-electron chi connectivity index (χ2n) is 10.8. The predicted octanol–water partition coefficient (Wildman–Crippen LogP) is 2.53. The average Bonchev–Trinajstić information content (AvgIpc) is 3.22. The number of carbonyl (C=O) groups is 2. The Bertz CT molecular complexity index is 1870. The van der Waals surface area contributed by atoms with Crippen molar-refractivity contribution in [3.8, 4) is 0 Å². The number of anilines is 2. The third kappa shape index (κ3) is 3.98. The summed E-state index contributed by atoms with van der Waals surface area (Å²) in [5.41, 5.74) is 5.00. The minimum Gasteiger partial charge on any atom is -0.453 e. The zero-order valence-corrected chi connectivity index (χ0v) is 22.3. The number of hydrogen-bond donors (Lipinski definition) is 3.